The first kappa shape index (κ1) is 48.4. The maximum absolute atomic E-state index is 15.4. The molecule has 6 rings (SSSR count). The fourth-order valence-electron chi connectivity index (χ4n) is 6.65. The van der Waals surface area contributed by atoms with E-state index in [0.717, 1.165) is 13.0 Å². The summed E-state index contributed by atoms with van der Waals surface area (Å²) in [5, 5.41) is 0. The van der Waals surface area contributed by atoms with Crippen LogP contribution in [0.15, 0.2) is 54.9 Å². The number of ether oxygens (including phenoxy) is 1. The monoisotopic (exact) mass is 935 g/mol. The van der Waals surface area contributed by atoms with Gasteiger partial charge < -0.3 is 4.74 Å². The van der Waals surface area contributed by atoms with E-state index in [1.807, 2.05) is 42.1 Å². The summed E-state index contributed by atoms with van der Waals surface area (Å²) >= 11 is 0. The molecule has 0 N–H and O–H groups in total. The first-order valence-corrected chi connectivity index (χ1v) is 17.4. The van der Waals surface area contributed by atoms with Gasteiger partial charge in [0.2, 0.25) is 0 Å². The molecule has 0 saturated carbocycles. The average Bonchev–Trinajstić information content (AvgIpc) is 3.28. The number of benzene rings is 5. The number of carbonyl (C=O) groups excluding carboxylic acids is 1. The minimum Gasteiger partial charge on any atom is -0.462 e. The molecule has 0 fully saturated rings. The van der Waals surface area contributed by atoms with Gasteiger partial charge in [-0.05, 0) is 6.42 Å². The predicted molar refractivity (Wildman–Crippen MR) is 182 cm³/mol. The highest BCUT2D eigenvalue weighted by molar-refractivity contribution is 7.20. The van der Waals surface area contributed by atoms with E-state index in [1.165, 1.54) is 5.56 Å². The van der Waals surface area contributed by atoms with E-state index < -0.39 is 144 Å². The maximum Gasteiger partial charge on any atom is 0.338 e. The van der Waals surface area contributed by atoms with Crippen LogP contribution in [-0.2, 0) is 11.3 Å². The van der Waals surface area contributed by atoms with Crippen molar-refractivity contribution < 1.29 is 102 Å². The molecule has 24 heteroatoms. The van der Waals surface area contributed by atoms with Gasteiger partial charge >= 0.3 is 5.97 Å². The minimum absolute atomic E-state index is 0.256. The van der Waals surface area contributed by atoms with E-state index in [-0.39, 0.29) is 5.97 Å². The second kappa shape index (κ2) is 18.6. The molecule has 0 aliphatic carbocycles. The van der Waals surface area contributed by atoms with Crippen molar-refractivity contribution in [1.82, 2.24) is 0 Å². The Morgan fingerprint density at radius 1 is 0.422 bits per heavy atom. The van der Waals surface area contributed by atoms with E-state index >= 15 is 35.1 Å². The summed E-state index contributed by atoms with van der Waals surface area (Å²) in [6.07, 6.45) is -2.58. The van der Waals surface area contributed by atoms with Crippen LogP contribution in [0, 0.1) is 116 Å². The Bertz CT molecular complexity index is 2430. The molecule has 0 bridgehead atoms. The van der Waals surface area contributed by atoms with Crippen LogP contribution in [0.1, 0.15) is 29.3 Å². The molecule has 338 valence electrons. The van der Waals surface area contributed by atoms with Gasteiger partial charge in [0.05, 0.1) is 12.2 Å². The number of pyridine rings is 1. The zero-order valence-electron chi connectivity index (χ0n) is 31.2. The summed E-state index contributed by atoms with van der Waals surface area (Å²) in [6.45, 7) is 3.25. The highest BCUT2D eigenvalue weighted by Gasteiger charge is 2.52. The van der Waals surface area contributed by atoms with Crippen molar-refractivity contribution in [3.05, 3.63) is 182 Å². The number of esters is 1. The zero-order chi connectivity index (χ0) is 47.9. The molecule has 64 heavy (non-hydrogen) atoms. The van der Waals surface area contributed by atoms with Gasteiger partial charge in [0, 0.05) is 17.7 Å². The normalized spacial score (nSPS) is 11.5. The number of carbonyl (C=O) groups is 1. The Labute approximate surface area is 344 Å². The summed E-state index contributed by atoms with van der Waals surface area (Å²) in [5.41, 5.74) is -12.5. The third-order valence-electron chi connectivity index (χ3n) is 9.48. The number of hydrogen-bond acceptors (Lipinski definition) is 2. The standard InChI is InChI=1S/C24BF20.C16H18NO2/c26-5-1(6(27)14(35)21(42)13(5)34)25(2-7(28)15(36)22(43)16(37)8(2)29,3-9(30)17(38)23(44)18(39)10(3)31)4-11(32)19(40)24(45)20(41)12(4)33;1-2-12-19-16(18)15-8-10-17(11-9-15)13-14-6-4-3-5-7-14/h;3-11H,2,12-13H2,1H3/q-1;+1. The molecular formula is C40H18BF20NO2. The minimum atomic E-state index is -7.22. The van der Waals surface area contributed by atoms with Gasteiger partial charge in [-0.15, -0.1) is 21.9 Å². The number of hydrogen-bond donors (Lipinski definition) is 0. The van der Waals surface area contributed by atoms with Gasteiger partial charge in [0.15, 0.2) is 88.7 Å². The van der Waals surface area contributed by atoms with E-state index in [4.69, 9.17) is 4.74 Å². The number of rotatable bonds is 9. The topological polar surface area (TPSA) is 30.2 Å². The van der Waals surface area contributed by atoms with E-state index in [0.29, 0.717) is 12.2 Å². The van der Waals surface area contributed by atoms with Gasteiger partial charge in [-0.3, -0.25) is 0 Å². The second-order valence-corrected chi connectivity index (χ2v) is 13.2. The first-order chi connectivity index (χ1) is 30.0. The number of nitrogens with zero attached hydrogens (tertiary/aromatic N) is 1. The Morgan fingerprint density at radius 3 is 0.953 bits per heavy atom. The summed E-state index contributed by atoms with van der Waals surface area (Å²) < 4.78 is 301. The largest absolute Gasteiger partial charge is 0.462 e. The predicted octanol–water partition coefficient (Wildman–Crippen LogP) is 8.44. The van der Waals surface area contributed by atoms with Crippen LogP contribution < -0.4 is 26.4 Å². The van der Waals surface area contributed by atoms with Crippen LogP contribution >= 0.6 is 0 Å². The Hall–Kier alpha value is -6.62. The van der Waals surface area contributed by atoms with Crippen molar-refractivity contribution in [2.24, 2.45) is 0 Å². The molecule has 1 aromatic heterocycles. The van der Waals surface area contributed by atoms with Gasteiger partial charge in [0.1, 0.15) is 52.7 Å². The zero-order valence-corrected chi connectivity index (χ0v) is 31.2. The van der Waals surface area contributed by atoms with Crippen molar-refractivity contribution in [3.63, 3.8) is 0 Å². The Morgan fingerprint density at radius 2 is 0.688 bits per heavy atom. The molecule has 1 heterocycles. The molecule has 5 aromatic carbocycles. The average molecular weight is 935 g/mol. The van der Waals surface area contributed by atoms with Crippen molar-refractivity contribution in [1.29, 1.82) is 0 Å². The number of halogens is 20. The highest BCUT2D eigenvalue weighted by Crippen LogP contribution is 2.30. The van der Waals surface area contributed by atoms with Gasteiger partial charge in [-0.1, -0.05) is 37.3 Å². The van der Waals surface area contributed by atoms with E-state index in [1.54, 1.807) is 12.1 Å². The summed E-state index contributed by atoms with van der Waals surface area (Å²) in [7, 11) is 0. The third kappa shape index (κ3) is 7.97. The van der Waals surface area contributed by atoms with Crippen molar-refractivity contribution in [2.75, 3.05) is 6.61 Å². The molecule has 0 atom stereocenters. The Kier molecular flexibility index (Phi) is 14.1. The lowest BCUT2D eigenvalue weighted by molar-refractivity contribution is -0.688. The molecular weight excluding hydrogens is 917 g/mol. The van der Waals surface area contributed by atoms with Gasteiger partial charge in [-0.25, -0.2) is 97.2 Å². The first-order valence-electron chi connectivity index (χ1n) is 17.4. The highest BCUT2D eigenvalue weighted by atomic mass is 19.2. The fraction of sp³-hybridized carbons (Fsp3) is 0.100. The van der Waals surface area contributed by atoms with Crippen LogP contribution in [0.25, 0.3) is 0 Å². The molecule has 0 radical (unpaired) electrons. The molecule has 6 aromatic rings. The lowest BCUT2D eigenvalue weighted by atomic mass is 9.12. The van der Waals surface area contributed by atoms with Crippen molar-refractivity contribution >= 4 is 34.0 Å². The van der Waals surface area contributed by atoms with Crippen LogP contribution in [0.2, 0.25) is 0 Å². The summed E-state index contributed by atoms with van der Waals surface area (Å²) in [4.78, 5) is 11.6. The molecule has 0 spiro atoms. The molecule has 0 amide bonds. The molecule has 0 unspecified atom stereocenters. The van der Waals surface area contributed by atoms with Crippen molar-refractivity contribution in [2.45, 2.75) is 19.9 Å². The quantitative estimate of drug-likeness (QED) is 0.0364. The lowest BCUT2D eigenvalue weighted by Gasteiger charge is -2.44. The van der Waals surface area contributed by atoms with Gasteiger partial charge in [-0.2, -0.15) is 0 Å². The SMILES string of the molecule is CCCOC(=O)c1cc[n+](Cc2ccccc2)cc1.Fc1c(F)c(F)c([B-](c2c(F)c(F)c(F)c(F)c2F)(c2c(F)c(F)c(F)c(F)c2F)c2c(F)c(F)c(F)c(F)c2F)c(F)c1F. The third-order valence-corrected chi connectivity index (χ3v) is 9.48. The maximum atomic E-state index is 15.4. The van der Waals surface area contributed by atoms with Crippen molar-refractivity contribution in [3.8, 4) is 0 Å². The number of aromatic nitrogens is 1. The summed E-state index contributed by atoms with van der Waals surface area (Å²) in [5.74, 6) is -71.7. The molecule has 0 saturated heterocycles. The van der Waals surface area contributed by atoms with Gasteiger partial charge in [0.25, 0.3) is 0 Å². The molecule has 3 nitrogen and oxygen atoms in total. The van der Waals surface area contributed by atoms with Crippen LogP contribution in [-0.4, -0.2) is 18.7 Å². The lowest BCUT2D eigenvalue weighted by Crippen LogP contribution is -2.81. The van der Waals surface area contributed by atoms with E-state index in [2.05, 4.69) is 12.1 Å². The Balaban J connectivity index is 0.000000337. The van der Waals surface area contributed by atoms with Crippen LogP contribution in [0.5, 0.6) is 0 Å². The molecule has 0 aliphatic heterocycles. The fourth-order valence-corrected chi connectivity index (χ4v) is 6.65. The second-order valence-electron chi connectivity index (χ2n) is 13.2. The van der Waals surface area contributed by atoms with Crippen LogP contribution in [0.3, 0.4) is 0 Å². The van der Waals surface area contributed by atoms with E-state index in [9.17, 15) is 57.5 Å². The smallest absolute Gasteiger partial charge is 0.338 e. The summed E-state index contributed by atoms with van der Waals surface area (Å²) in [6, 6.07) is 13.8. The van der Waals surface area contributed by atoms with Crippen LogP contribution in [0.4, 0.5) is 87.8 Å². The molecule has 0 aliphatic rings.